The van der Waals surface area contributed by atoms with Crippen LogP contribution in [-0.2, 0) is 15.6 Å². The Morgan fingerprint density at radius 2 is 1.85 bits per heavy atom. The summed E-state index contributed by atoms with van der Waals surface area (Å²) >= 11 is 0. The normalized spacial score (nSPS) is 11.9. The molecule has 1 aromatic rings. The maximum atomic E-state index is 12.0. The first kappa shape index (κ1) is 16.7. The molecule has 0 aromatic heterocycles. The average Bonchev–Trinajstić information content (AvgIpc) is 2.50. The third kappa shape index (κ3) is 6.16. The van der Waals surface area contributed by atoms with E-state index in [0.717, 1.165) is 36.3 Å². The standard InChI is InChI=1S/C14H21NO4S/c1-19-12-7-9-13(10-8-12)20(18)11-5-3-2-4-6-14(16)15-17/h7-10,17H,2-6,11H2,1H3,(H,15,16)/t20-/m1/s1. The van der Waals surface area contributed by atoms with Crippen LogP contribution in [0, 0.1) is 0 Å². The molecule has 0 unspecified atom stereocenters. The topological polar surface area (TPSA) is 75.6 Å². The maximum Gasteiger partial charge on any atom is 0.243 e. The summed E-state index contributed by atoms with van der Waals surface area (Å²) in [7, 11) is 0.616. The molecule has 0 fully saturated rings. The SMILES string of the molecule is COc1ccc([S@](=O)CCCCCCC(=O)NO)cc1. The largest absolute Gasteiger partial charge is 0.497 e. The van der Waals surface area contributed by atoms with Crippen molar-refractivity contribution in [2.24, 2.45) is 0 Å². The fraction of sp³-hybridized carbons (Fsp3) is 0.500. The van der Waals surface area contributed by atoms with Gasteiger partial charge in [0, 0.05) is 17.1 Å². The Labute approximate surface area is 121 Å². The third-order valence-electron chi connectivity index (χ3n) is 2.93. The summed E-state index contributed by atoms with van der Waals surface area (Å²) in [6.45, 7) is 0. The van der Waals surface area contributed by atoms with E-state index < -0.39 is 10.8 Å². The maximum absolute atomic E-state index is 12.0. The number of methoxy groups -OCH3 is 1. The number of hydroxylamine groups is 1. The van der Waals surface area contributed by atoms with Crippen LogP contribution < -0.4 is 10.2 Å². The zero-order chi connectivity index (χ0) is 14.8. The number of rotatable bonds is 9. The van der Waals surface area contributed by atoms with E-state index in [9.17, 15) is 9.00 Å². The second kappa shape index (κ2) is 9.50. The quantitative estimate of drug-likeness (QED) is 0.416. The Kier molecular flexibility index (Phi) is 7.91. The van der Waals surface area contributed by atoms with Gasteiger partial charge < -0.3 is 4.74 Å². The van der Waals surface area contributed by atoms with Crippen LogP contribution in [0.5, 0.6) is 5.75 Å². The molecule has 0 saturated heterocycles. The molecule has 0 bridgehead atoms. The van der Waals surface area contributed by atoms with Gasteiger partial charge in [0.25, 0.3) is 0 Å². The van der Waals surface area contributed by atoms with E-state index in [1.807, 2.05) is 12.1 Å². The van der Waals surface area contributed by atoms with Crippen LogP contribution >= 0.6 is 0 Å². The smallest absolute Gasteiger partial charge is 0.243 e. The molecular formula is C14H21NO4S. The highest BCUT2D eigenvalue weighted by Crippen LogP contribution is 2.15. The van der Waals surface area contributed by atoms with Crippen LogP contribution in [0.15, 0.2) is 29.2 Å². The highest BCUT2D eigenvalue weighted by Gasteiger charge is 2.04. The van der Waals surface area contributed by atoms with E-state index in [-0.39, 0.29) is 5.91 Å². The fourth-order valence-corrected chi connectivity index (χ4v) is 2.92. The van der Waals surface area contributed by atoms with Crippen molar-refractivity contribution in [2.75, 3.05) is 12.9 Å². The van der Waals surface area contributed by atoms with E-state index in [4.69, 9.17) is 9.94 Å². The van der Waals surface area contributed by atoms with Crippen LogP contribution in [0.25, 0.3) is 0 Å². The molecule has 1 amide bonds. The van der Waals surface area contributed by atoms with E-state index in [2.05, 4.69) is 0 Å². The zero-order valence-electron chi connectivity index (χ0n) is 11.6. The van der Waals surface area contributed by atoms with Gasteiger partial charge in [-0.05, 0) is 37.1 Å². The van der Waals surface area contributed by atoms with E-state index in [0.29, 0.717) is 12.2 Å². The van der Waals surface area contributed by atoms with Gasteiger partial charge in [-0.3, -0.25) is 14.2 Å². The lowest BCUT2D eigenvalue weighted by Crippen LogP contribution is -2.17. The van der Waals surface area contributed by atoms with Gasteiger partial charge in [0.15, 0.2) is 0 Å². The summed E-state index contributed by atoms with van der Waals surface area (Å²) < 4.78 is 17.1. The van der Waals surface area contributed by atoms with Gasteiger partial charge in [-0.25, -0.2) is 5.48 Å². The van der Waals surface area contributed by atoms with E-state index in [1.54, 1.807) is 24.7 Å². The summed E-state index contributed by atoms with van der Waals surface area (Å²) in [6, 6.07) is 7.25. The molecule has 0 aliphatic rings. The molecule has 1 aromatic carbocycles. The Hall–Kier alpha value is -1.40. The van der Waals surface area contributed by atoms with Gasteiger partial charge in [-0.1, -0.05) is 12.8 Å². The van der Waals surface area contributed by atoms with E-state index >= 15 is 0 Å². The minimum atomic E-state index is -0.984. The second-order valence-electron chi connectivity index (χ2n) is 4.42. The van der Waals surface area contributed by atoms with Crippen LogP contribution in [0.4, 0.5) is 0 Å². The number of unbranched alkanes of at least 4 members (excludes halogenated alkanes) is 3. The van der Waals surface area contributed by atoms with Crippen molar-refractivity contribution in [2.45, 2.75) is 37.0 Å². The zero-order valence-corrected chi connectivity index (χ0v) is 12.4. The van der Waals surface area contributed by atoms with Crippen molar-refractivity contribution in [3.63, 3.8) is 0 Å². The van der Waals surface area contributed by atoms with Crippen LogP contribution in [0.3, 0.4) is 0 Å². The number of ether oxygens (including phenoxy) is 1. The Morgan fingerprint density at radius 3 is 2.45 bits per heavy atom. The summed E-state index contributed by atoms with van der Waals surface area (Å²) in [5.41, 5.74) is 1.61. The molecule has 0 saturated carbocycles. The molecule has 112 valence electrons. The summed E-state index contributed by atoms with van der Waals surface area (Å²) in [5.74, 6) is 1.03. The molecule has 6 heteroatoms. The van der Waals surface area contributed by atoms with Crippen molar-refractivity contribution in [3.05, 3.63) is 24.3 Å². The first-order valence-corrected chi connectivity index (χ1v) is 7.94. The summed E-state index contributed by atoms with van der Waals surface area (Å²) in [5, 5.41) is 8.33. The Bertz CT molecular complexity index is 433. The second-order valence-corrected chi connectivity index (χ2v) is 6.00. The molecule has 2 N–H and O–H groups in total. The predicted molar refractivity (Wildman–Crippen MR) is 77.3 cm³/mol. The lowest BCUT2D eigenvalue weighted by molar-refractivity contribution is -0.129. The van der Waals surface area contributed by atoms with Crippen molar-refractivity contribution in [1.29, 1.82) is 0 Å². The van der Waals surface area contributed by atoms with Gasteiger partial charge in [0.2, 0.25) is 5.91 Å². The number of amides is 1. The van der Waals surface area contributed by atoms with Crippen molar-refractivity contribution in [3.8, 4) is 5.75 Å². The van der Waals surface area contributed by atoms with Gasteiger partial charge in [-0.2, -0.15) is 0 Å². The first-order valence-electron chi connectivity index (χ1n) is 6.62. The molecule has 0 radical (unpaired) electrons. The summed E-state index contributed by atoms with van der Waals surface area (Å²) in [6.07, 6.45) is 3.76. The lowest BCUT2D eigenvalue weighted by atomic mass is 10.1. The number of nitrogens with one attached hydrogen (secondary N) is 1. The lowest BCUT2D eigenvalue weighted by Gasteiger charge is -2.04. The Balaban J connectivity index is 2.18. The first-order chi connectivity index (χ1) is 9.67. The number of carbonyl (C=O) groups is 1. The fourth-order valence-electron chi connectivity index (χ4n) is 1.77. The number of hydrogen-bond donors (Lipinski definition) is 2. The molecule has 1 atom stereocenters. The Morgan fingerprint density at radius 1 is 1.20 bits per heavy atom. The van der Waals surface area contributed by atoms with Gasteiger partial charge in [0.1, 0.15) is 5.75 Å². The van der Waals surface area contributed by atoms with Gasteiger partial charge in [-0.15, -0.1) is 0 Å². The molecular weight excluding hydrogens is 278 g/mol. The number of carbonyl (C=O) groups excluding carboxylic acids is 1. The van der Waals surface area contributed by atoms with Gasteiger partial charge in [0.05, 0.1) is 17.9 Å². The molecule has 0 aliphatic heterocycles. The molecule has 20 heavy (non-hydrogen) atoms. The van der Waals surface area contributed by atoms with Crippen LogP contribution in [0.1, 0.15) is 32.1 Å². The molecule has 1 rings (SSSR count). The minimum Gasteiger partial charge on any atom is -0.497 e. The summed E-state index contributed by atoms with van der Waals surface area (Å²) in [4.78, 5) is 11.6. The monoisotopic (exact) mass is 299 g/mol. The van der Waals surface area contributed by atoms with Gasteiger partial charge >= 0.3 is 0 Å². The molecule has 0 heterocycles. The van der Waals surface area contributed by atoms with Crippen LogP contribution in [0.2, 0.25) is 0 Å². The molecule has 0 aliphatic carbocycles. The third-order valence-corrected chi connectivity index (χ3v) is 4.39. The highest BCUT2D eigenvalue weighted by molar-refractivity contribution is 7.85. The van der Waals surface area contributed by atoms with Crippen molar-refractivity contribution in [1.82, 2.24) is 5.48 Å². The van der Waals surface area contributed by atoms with Crippen LogP contribution in [-0.4, -0.2) is 28.2 Å². The van der Waals surface area contributed by atoms with E-state index in [1.165, 1.54) is 0 Å². The molecule has 0 spiro atoms. The minimum absolute atomic E-state index is 0.331. The van der Waals surface area contributed by atoms with Crippen molar-refractivity contribution < 1.29 is 18.9 Å². The number of hydrogen-bond acceptors (Lipinski definition) is 4. The predicted octanol–water partition coefficient (Wildman–Crippen LogP) is 2.26. The van der Waals surface area contributed by atoms with Crippen molar-refractivity contribution >= 4 is 16.7 Å². The molecule has 5 nitrogen and oxygen atoms in total. The highest BCUT2D eigenvalue weighted by atomic mass is 32.2. The number of benzene rings is 1. The average molecular weight is 299 g/mol.